The maximum absolute atomic E-state index is 14.8. The molecule has 0 spiro atoms. The van der Waals surface area contributed by atoms with Gasteiger partial charge in [-0.05, 0) is 62.6 Å². The Hall–Kier alpha value is -4.37. The third-order valence-electron chi connectivity index (χ3n) is 10.8. The molecule has 0 saturated carbocycles. The first-order valence-corrected chi connectivity index (χ1v) is 21.5. The van der Waals surface area contributed by atoms with Crippen molar-refractivity contribution in [2.75, 3.05) is 20.3 Å². The Kier molecular flexibility index (Phi) is 19.3. The van der Waals surface area contributed by atoms with E-state index in [4.69, 9.17) is 9.47 Å². The number of piperidine rings is 1. The molecule has 0 radical (unpaired) electrons. The van der Waals surface area contributed by atoms with Gasteiger partial charge in [-0.25, -0.2) is 4.98 Å². The van der Waals surface area contributed by atoms with Crippen molar-refractivity contribution in [1.82, 2.24) is 25.4 Å². The van der Waals surface area contributed by atoms with E-state index in [2.05, 4.69) is 15.6 Å². The number of carbonyl (C=O) groups is 6. The van der Waals surface area contributed by atoms with Gasteiger partial charge in [0.1, 0.15) is 16.7 Å². The van der Waals surface area contributed by atoms with Crippen LogP contribution in [0, 0.1) is 23.7 Å². The van der Waals surface area contributed by atoms with E-state index < -0.39 is 59.9 Å². The second-order valence-electron chi connectivity index (χ2n) is 16.5. The van der Waals surface area contributed by atoms with Gasteiger partial charge >= 0.3 is 17.9 Å². The summed E-state index contributed by atoms with van der Waals surface area (Å²) in [5.41, 5.74) is 1.01. The molecule has 7 atom stereocenters. The van der Waals surface area contributed by atoms with E-state index in [1.54, 1.807) is 12.3 Å². The van der Waals surface area contributed by atoms with Crippen LogP contribution in [0.5, 0.6) is 0 Å². The maximum atomic E-state index is 14.8. The highest BCUT2D eigenvalue weighted by Gasteiger charge is 2.39. The van der Waals surface area contributed by atoms with Crippen molar-refractivity contribution in [3.05, 3.63) is 52.0 Å². The van der Waals surface area contributed by atoms with Crippen LogP contribution in [0.25, 0.3) is 0 Å². The number of thiazole rings is 1. The van der Waals surface area contributed by atoms with Gasteiger partial charge in [0.2, 0.25) is 11.8 Å². The lowest BCUT2D eigenvalue weighted by atomic mass is 9.92. The molecule has 1 aromatic carbocycles. The monoisotopic (exact) mass is 827 g/mol. The van der Waals surface area contributed by atoms with Crippen molar-refractivity contribution in [3.63, 3.8) is 0 Å². The van der Waals surface area contributed by atoms with Gasteiger partial charge in [-0.3, -0.25) is 33.7 Å². The van der Waals surface area contributed by atoms with E-state index in [0.29, 0.717) is 24.3 Å². The quantitative estimate of drug-likeness (QED) is 0.0934. The molecule has 0 unspecified atom stereocenters. The fourth-order valence-electron chi connectivity index (χ4n) is 7.17. The second kappa shape index (κ2) is 23.3. The van der Waals surface area contributed by atoms with Crippen LogP contribution in [0.4, 0.5) is 0 Å². The van der Waals surface area contributed by atoms with Crippen molar-refractivity contribution >= 4 is 47.0 Å². The number of esters is 2. The minimum atomic E-state index is -0.988. The van der Waals surface area contributed by atoms with Crippen molar-refractivity contribution in [3.8, 4) is 0 Å². The summed E-state index contributed by atoms with van der Waals surface area (Å²) in [4.78, 5) is 87.4. The molecule has 3 rings (SSSR count). The van der Waals surface area contributed by atoms with E-state index in [1.165, 1.54) is 11.8 Å². The normalized spacial score (nSPS) is 17.7. The summed E-state index contributed by atoms with van der Waals surface area (Å²) >= 11 is 1.12. The number of carboxylic acids is 1. The molecule has 2 aromatic rings. The highest BCUT2D eigenvalue weighted by Crippen LogP contribution is 2.32. The van der Waals surface area contributed by atoms with Gasteiger partial charge in [-0.2, -0.15) is 0 Å². The molecular weight excluding hydrogens is 763 g/mol. The van der Waals surface area contributed by atoms with E-state index in [9.17, 15) is 33.9 Å². The highest BCUT2D eigenvalue weighted by molar-refractivity contribution is 7.09. The number of carboxylic acid groups (broad SMARTS) is 1. The Balaban J connectivity index is 1.96. The highest BCUT2D eigenvalue weighted by atomic mass is 32.1. The van der Waals surface area contributed by atoms with Crippen molar-refractivity contribution in [1.29, 1.82) is 0 Å². The Bertz CT molecular complexity index is 1670. The molecule has 1 aliphatic rings. The second-order valence-corrected chi connectivity index (χ2v) is 17.4. The summed E-state index contributed by atoms with van der Waals surface area (Å²) in [6.07, 6.45) is 3.00. The number of ether oxygens (including phenoxy) is 2. The molecule has 2 heterocycles. The zero-order chi connectivity index (χ0) is 43.1. The molecule has 1 aromatic heterocycles. The molecule has 322 valence electrons. The number of aromatic nitrogens is 1. The molecule has 1 saturated heterocycles. The lowest BCUT2D eigenvalue weighted by Crippen LogP contribution is -2.59. The van der Waals surface area contributed by atoms with Crippen LogP contribution >= 0.6 is 11.3 Å². The van der Waals surface area contributed by atoms with Gasteiger partial charge in [-0.1, -0.05) is 91.6 Å². The van der Waals surface area contributed by atoms with Crippen LogP contribution in [-0.2, 0) is 39.9 Å². The van der Waals surface area contributed by atoms with Gasteiger partial charge in [0.15, 0.2) is 12.8 Å². The van der Waals surface area contributed by atoms with Crippen LogP contribution < -0.4 is 10.6 Å². The number of likely N-dealkylation sites (tertiary alicyclic amines) is 1. The first-order valence-electron chi connectivity index (χ1n) is 20.6. The number of benzene rings is 1. The zero-order valence-corrected chi connectivity index (χ0v) is 36.5. The lowest BCUT2D eigenvalue weighted by Gasteiger charge is -2.39. The molecule has 14 nitrogen and oxygen atoms in total. The summed E-state index contributed by atoms with van der Waals surface area (Å²) in [6, 6.07) is 6.99. The summed E-state index contributed by atoms with van der Waals surface area (Å²) in [7, 11) is 1.91. The van der Waals surface area contributed by atoms with Crippen LogP contribution in [-0.4, -0.2) is 100 Å². The van der Waals surface area contributed by atoms with Crippen LogP contribution in [0.3, 0.4) is 0 Å². The van der Waals surface area contributed by atoms with Gasteiger partial charge in [0.25, 0.3) is 5.91 Å². The fraction of sp³-hybridized carbons (Fsp3) is 0.651. The van der Waals surface area contributed by atoms with E-state index in [0.717, 1.165) is 36.3 Å². The first-order chi connectivity index (χ1) is 27.4. The molecule has 0 aliphatic carbocycles. The van der Waals surface area contributed by atoms with Gasteiger partial charge < -0.3 is 30.1 Å². The average Bonchev–Trinajstić information content (AvgIpc) is 3.66. The Morgan fingerprint density at radius 2 is 1.69 bits per heavy atom. The minimum Gasteiger partial charge on any atom is -0.481 e. The number of likely N-dealkylation sites (N-methyl/N-ethyl adjacent to an activating group) is 1. The van der Waals surface area contributed by atoms with Crippen molar-refractivity contribution in [2.24, 2.45) is 23.7 Å². The Morgan fingerprint density at radius 1 is 1.00 bits per heavy atom. The SMILES string of the molecule is CC[C@H](C)[C@@H](NC(=O)[C@H]1CCCCN1C)C(=O)N(COC(=O)CC(C)C)[C@H](C[C@H](OC(C)=O)c1nc(C(=O)N[C@@H](Cc2ccccc2)C[C@@H](C)C(=O)O)cs1)C(C)C. The predicted octanol–water partition coefficient (Wildman–Crippen LogP) is 6.00. The zero-order valence-electron chi connectivity index (χ0n) is 35.7. The summed E-state index contributed by atoms with van der Waals surface area (Å²) < 4.78 is 11.6. The predicted molar refractivity (Wildman–Crippen MR) is 222 cm³/mol. The number of hydrogen-bond donors (Lipinski definition) is 3. The molecule has 58 heavy (non-hydrogen) atoms. The number of rotatable bonds is 22. The minimum absolute atomic E-state index is 0.0241. The molecule has 1 fully saturated rings. The summed E-state index contributed by atoms with van der Waals surface area (Å²) in [5.74, 6) is -4.39. The summed E-state index contributed by atoms with van der Waals surface area (Å²) in [6.45, 7) is 14.7. The maximum Gasteiger partial charge on any atom is 0.307 e. The number of hydrogen-bond acceptors (Lipinski definition) is 11. The lowest BCUT2D eigenvalue weighted by molar-refractivity contribution is -0.161. The summed E-state index contributed by atoms with van der Waals surface area (Å²) in [5, 5.41) is 17.5. The molecule has 3 N–H and O–H groups in total. The van der Waals surface area contributed by atoms with Crippen LogP contribution in [0.1, 0.15) is 127 Å². The number of nitrogens with zero attached hydrogens (tertiary/aromatic N) is 3. The number of carbonyl (C=O) groups excluding carboxylic acids is 5. The molecule has 3 amide bonds. The van der Waals surface area contributed by atoms with Crippen molar-refractivity contribution in [2.45, 2.75) is 137 Å². The third-order valence-corrected chi connectivity index (χ3v) is 11.7. The number of nitrogens with one attached hydrogen (secondary N) is 2. The van der Waals surface area contributed by atoms with Crippen molar-refractivity contribution < 1.29 is 43.3 Å². The van der Waals surface area contributed by atoms with Crippen LogP contribution in [0.2, 0.25) is 0 Å². The number of amides is 3. The van der Waals surface area contributed by atoms with E-state index in [1.807, 2.05) is 83.8 Å². The van der Waals surface area contributed by atoms with Gasteiger partial charge in [0.05, 0.1) is 12.0 Å². The Morgan fingerprint density at radius 3 is 2.28 bits per heavy atom. The van der Waals surface area contributed by atoms with E-state index in [-0.39, 0.29) is 61.4 Å². The molecular formula is C43H65N5O9S. The number of aliphatic carboxylic acids is 1. The first kappa shape index (κ1) is 48.0. The standard InChI is InChI=1S/C43H65N5O9S/c1-10-28(6)38(46-40(52)34-18-14-15-19-47(34)9)42(53)48(25-56-37(50)20-26(2)3)35(27(4)5)23-36(57-30(8)49)41-45-33(24-58-41)39(51)44-32(21-29(7)43(54)55)22-31-16-12-11-13-17-31/h11-13,16-17,24,26-29,32,34-36,38H,10,14-15,18-23,25H2,1-9H3,(H,44,51)(H,46,52)(H,54,55)/t28-,29+,32+,34+,35+,36-,38+/m0/s1. The topological polar surface area (TPSA) is 185 Å². The Labute approximate surface area is 347 Å². The van der Waals surface area contributed by atoms with Gasteiger partial charge in [-0.15, -0.1) is 11.3 Å². The van der Waals surface area contributed by atoms with Crippen LogP contribution in [0.15, 0.2) is 35.7 Å². The smallest absolute Gasteiger partial charge is 0.307 e. The fourth-order valence-corrected chi connectivity index (χ4v) is 8.01. The third kappa shape index (κ3) is 14.8. The average molecular weight is 828 g/mol. The van der Waals surface area contributed by atoms with Gasteiger partial charge in [0, 0.05) is 37.2 Å². The molecule has 1 aliphatic heterocycles. The largest absolute Gasteiger partial charge is 0.481 e. The molecule has 0 bridgehead atoms. The van der Waals surface area contributed by atoms with E-state index >= 15 is 0 Å². The molecule has 15 heteroatoms.